The number of ether oxygens (including phenoxy) is 1. The molecule has 1 aliphatic heterocycles. The van der Waals surface area contributed by atoms with E-state index in [4.69, 9.17) is 10.6 Å². The quantitative estimate of drug-likeness (QED) is 0.358. The number of nitrogens with two attached hydrogens (primary N) is 1. The Kier molecular flexibility index (Phi) is 3.05. The van der Waals surface area contributed by atoms with Crippen LogP contribution >= 0.6 is 0 Å². The van der Waals surface area contributed by atoms with Gasteiger partial charge in [-0.15, -0.1) is 0 Å². The van der Waals surface area contributed by atoms with Crippen LogP contribution in [0.1, 0.15) is 32.6 Å². The van der Waals surface area contributed by atoms with Gasteiger partial charge in [-0.25, -0.2) is 5.84 Å². The molecule has 1 atom stereocenters. The van der Waals surface area contributed by atoms with Crippen molar-refractivity contribution in [3.8, 4) is 0 Å². The SMILES string of the molecule is CCC1(C(=O)NN)CCCCO1. The highest BCUT2D eigenvalue weighted by Gasteiger charge is 2.38. The van der Waals surface area contributed by atoms with E-state index >= 15 is 0 Å². The Morgan fingerprint density at radius 3 is 2.83 bits per heavy atom. The third-order valence-corrected chi connectivity index (χ3v) is 2.47. The first kappa shape index (κ1) is 9.48. The van der Waals surface area contributed by atoms with Gasteiger partial charge in [0.25, 0.3) is 5.91 Å². The zero-order valence-corrected chi connectivity index (χ0v) is 7.43. The van der Waals surface area contributed by atoms with Crippen molar-refractivity contribution < 1.29 is 9.53 Å². The molecule has 4 heteroatoms. The zero-order valence-electron chi connectivity index (χ0n) is 7.43. The predicted molar refractivity (Wildman–Crippen MR) is 45.2 cm³/mol. The average molecular weight is 172 g/mol. The Balaban J connectivity index is 2.66. The molecule has 0 spiro atoms. The molecule has 1 aliphatic rings. The maximum absolute atomic E-state index is 11.4. The molecular formula is C8H16N2O2. The summed E-state index contributed by atoms with van der Waals surface area (Å²) in [5.41, 5.74) is 1.52. The lowest BCUT2D eigenvalue weighted by Gasteiger charge is -2.34. The maximum Gasteiger partial charge on any atom is 0.266 e. The first-order valence-corrected chi connectivity index (χ1v) is 4.40. The minimum Gasteiger partial charge on any atom is -0.365 e. The summed E-state index contributed by atoms with van der Waals surface area (Å²) in [5, 5.41) is 0. The normalized spacial score (nSPS) is 29.8. The minimum absolute atomic E-state index is 0.190. The van der Waals surface area contributed by atoms with E-state index in [1.807, 2.05) is 6.92 Å². The van der Waals surface area contributed by atoms with E-state index in [0.717, 1.165) is 19.3 Å². The molecule has 0 aromatic heterocycles. The Bertz CT molecular complexity index is 164. The third kappa shape index (κ3) is 1.59. The van der Waals surface area contributed by atoms with Crippen LogP contribution in [0.4, 0.5) is 0 Å². The van der Waals surface area contributed by atoms with Crippen LogP contribution in [0.3, 0.4) is 0 Å². The molecule has 0 bridgehead atoms. The molecule has 12 heavy (non-hydrogen) atoms. The van der Waals surface area contributed by atoms with E-state index in [9.17, 15) is 4.79 Å². The van der Waals surface area contributed by atoms with Crippen LogP contribution in [0.25, 0.3) is 0 Å². The summed E-state index contributed by atoms with van der Waals surface area (Å²) in [7, 11) is 0. The minimum atomic E-state index is -0.646. The van der Waals surface area contributed by atoms with Crippen LogP contribution in [0, 0.1) is 0 Å². The molecule has 1 saturated heterocycles. The molecule has 1 fully saturated rings. The molecule has 0 radical (unpaired) electrons. The lowest BCUT2D eigenvalue weighted by Crippen LogP contribution is -2.52. The summed E-state index contributed by atoms with van der Waals surface area (Å²) in [4.78, 5) is 11.4. The molecule has 0 aromatic carbocycles. The summed E-state index contributed by atoms with van der Waals surface area (Å²) in [6.07, 6.45) is 3.56. The number of carbonyl (C=O) groups excluding carboxylic acids is 1. The summed E-state index contributed by atoms with van der Waals surface area (Å²) >= 11 is 0. The lowest BCUT2D eigenvalue weighted by molar-refractivity contribution is -0.154. The van der Waals surface area contributed by atoms with E-state index in [1.54, 1.807) is 0 Å². The van der Waals surface area contributed by atoms with Gasteiger partial charge in [0.1, 0.15) is 5.60 Å². The van der Waals surface area contributed by atoms with Crippen molar-refractivity contribution in [2.24, 2.45) is 5.84 Å². The van der Waals surface area contributed by atoms with E-state index in [1.165, 1.54) is 0 Å². The second-order valence-corrected chi connectivity index (χ2v) is 3.13. The highest BCUT2D eigenvalue weighted by molar-refractivity contribution is 5.84. The second kappa shape index (κ2) is 3.87. The van der Waals surface area contributed by atoms with Gasteiger partial charge in [-0.3, -0.25) is 10.2 Å². The Morgan fingerprint density at radius 1 is 1.67 bits per heavy atom. The van der Waals surface area contributed by atoms with Crippen LogP contribution < -0.4 is 11.3 Å². The van der Waals surface area contributed by atoms with Crippen LogP contribution in [-0.2, 0) is 9.53 Å². The van der Waals surface area contributed by atoms with E-state index in [2.05, 4.69) is 5.43 Å². The van der Waals surface area contributed by atoms with Crippen LogP contribution in [0.5, 0.6) is 0 Å². The number of rotatable bonds is 2. The molecule has 4 nitrogen and oxygen atoms in total. The van der Waals surface area contributed by atoms with Gasteiger partial charge >= 0.3 is 0 Å². The molecule has 0 saturated carbocycles. The Morgan fingerprint density at radius 2 is 2.42 bits per heavy atom. The summed E-state index contributed by atoms with van der Waals surface area (Å²) in [5.74, 6) is 4.89. The molecule has 1 amide bonds. The van der Waals surface area contributed by atoms with Gasteiger partial charge in [-0.05, 0) is 25.7 Å². The van der Waals surface area contributed by atoms with Gasteiger partial charge < -0.3 is 4.74 Å². The van der Waals surface area contributed by atoms with Crippen molar-refractivity contribution in [1.82, 2.24) is 5.43 Å². The monoisotopic (exact) mass is 172 g/mol. The van der Waals surface area contributed by atoms with Crippen molar-refractivity contribution in [3.05, 3.63) is 0 Å². The summed E-state index contributed by atoms with van der Waals surface area (Å²) in [6, 6.07) is 0. The molecule has 1 heterocycles. The van der Waals surface area contributed by atoms with Crippen molar-refractivity contribution >= 4 is 5.91 Å². The van der Waals surface area contributed by atoms with Crippen molar-refractivity contribution in [3.63, 3.8) is 0 Å². The van der Waals surface area contributed by atoms with Gasteiger partial charge in [0.15, 0.2) is 0 Å². The zero-order chi connectivity index (χ0) is 9.03. The average Bonchev–Trinajstić information content (AvgIpc) is 2.17. The Hall–Kier alpha value is -0.610. The van der Waals surface area contributed by atoms with Gasteiger partial charge in [0, 0.05) is 6.61 Å². The molecule has 3 N–H and O–H groups in total. The van der Waals surface area contributed by atoms with Crippen molar-refractivity contribution in [1.29, 1.82) is 0 Å². The molecule has 1 unspecified atom stereocenters. The number of hydrazine groups is 1. The fourth-order valence-corrected chi connectivity index (χ4v) is 1.60. The number of nitrogens with one attached hydrogen (secondary N) is 1. The van der Waals surface area contributed by atoms with E-state index in [-0.39, 0.29) is 5.91 Å². The highest BCUT2D eigenvalue weighted by Crippen LogP contribution is 2.27. The lowest BCUT2D eigenvalue weighted by atomic mass is 9.90. The summed E-state index contributed by atoms with van der Waals surface area (Å²) in [6.45, 7) is 2.61. The number of hydrogen-bond acceptors (Lipinski definition) is 3. The van der Waals surface area contributed by atoms with Crippen LogP contribution in [0.2, 0.25) is 0 Å². The number of hydrogen-bond donors (Lipinski definition) is 2. The predicted octanol–water partition coefficient (Wildman–Crippen LogP) is 0.326. The first-order valence-electron chi connectivity index (χ1n) is 4.40. The molecular weight excluding hydrogens is 156 g/mol. The van der Waals surface area contributed by atoms with Crippen LogP contribution in [-0.4, -0.2) is 18.1 Å². The maximum atomic E-state index is 11.4. The molecule has 0 aromatic rings. The van der Waals surface area contributed by atoms with Gasteiger partial charge in [0.05, 0.1) is 0 Å². The standard InChI is InChI=1S/C8H16N2O2/c1-2-8(7(11)10-9)5-3-4-6-12-8/h2-6,9H2,1H3,(H,10,11). The van der Waals surface area contributed by atoms with E-state index < -0.39 is 5.60 Å². The second-order valence-electron chi connectivity index (χ2n) is 3.13. The number of carbonyl (C=O) groups is 1. The summed E-state index contributed by atoms with van der Waals surface area (Å²) < 4.78 is 5.48. The molecule has 1 rings (SSSR count). The third-order valence-electron chi connectivity index (χ3n) is 2.47. The first-order chi connectivity index (χ1) is 5.75. The Labute approximate surface area is 72.4 Å². The van der Waals surface area contributed by atoms with Crippen molar-refractivity contribution in [2.75, 3.05) is 6.61 Å². The van der Waals surface area contributed by atoms with E-state index in [0.29, 0.717) is 13.0 Å². The largest absolute Gasteiger partial charge is 0.365 e. The topological polar surface area (TPSA) is 64.4 Å². The fourth-order valence-electron chi connectivity index (χ4n) is 1.60. The van der Waals surface area contributed by atoms with Gasteiger partial charge in [-0.2, -0.15) is 0 Å². The van der Waals surface area contributed by atoms with Gasteiger partial charge in [0.2, 0.25) is 0 Å². The van der Waals surface area contributed by atoms with Crippen molar-refractivity contribution in [2.45, 2.75) is 38.2 Å². The fraction of sp³-hybridized carbons (Fsp3) is 0.875. The molecule has 70 valence electrons. The van der Waals surface area contributed by atoms with Gasteiger partial charge in [-0.1, -0.05) is 6.92 Å². The smallest absolute Gasteiger partial charge is 0.266 e. The molecule has 0 aliphatic carbocycles. The number of amides is 1. The highest BCUT2D eigenvalue weighted by atomic mass is 16.5. The van der Waals surface area contributed by atoms with Crippen LogP contribution in [0.15, 0.2) is 0 Å².